The van der Waals surface area contributed by atoms with Crippen LogP contribution in [0.5, 0.6) is 11.5 Å². The molecule has 246 valence electrons. The third kappa shape index (κ3) is 5.17. The Labute approximate surface area is 302 Å². The van der Waals surface area contributed by atoms with E-state index in [9.17, 15) is 0 Å². The second kappa shape index (κ2) is 12.4. The van der Waals surface area contributed by atoms with Crippen LogP contribution in [0.3, 0.4) is 0 Å². The van der Waals surface area contributed by atoms with Crippen LogP contribution in [-0.2, 0) is 0 Å². The first-order valence-corrected chi connectivity index (χ1v) is 17.5. The lowest BCUT2D eigenvalue weighted by Gasteiger charge is -2.34. The predicted molar refractivity (Wildman–Crippen MR) is 214 cm³/mol. The molecule has 0 N–H and O–H groups in total. The second-order valence-corrected chi connectivity index (χ2v) is 13.0. The number of hydrogen-bond acceptors (Lipinski definition) is 4. The van der Waals surface area contributed by atoms with Gasteiger partial charge in [-0.15, -0.1) is 0 Å². The van der Waals surface area contributed by atoms with E-state index in [1.807, 2.05) is 24.3 Å². The van der Waals surface area contributed by atoms with E-state index in [4.69, 9.17) is 9.15 Å². The molecule has 1 aliphatic rings. The molecule has 2 heterocycles. The summed E-state index contributed by atoms with van der Waals surface area (Å²) in [6.07, 6.45) is 0. The van der Waals surface area contributed by atoms with Crippen molar-refractivity contribution in [2.75, 3.05) is 9.80 Å². The number of fused-ring (bicyclic) bond motifs is 5. The molecule has 52 heavy (non-hydrogen) atoms. The van der Waals surface area contributed by atoms with E-state index < -0.39 is 0 Å². The van der Waals surface area contributed by atoms with Gasteiger partial charge in [-0.3, -0.25) is 0 Å². The Morgan fingerprint density at radius 2 is 0.942 bits per heavy atom. The number of furan rings is 1. The summed E-state index contributed by atoms with van der Waals surface area (Å²) in [7, 11) is 0. The maximum Gasteiger partial charge on any atom is 0.153 e. The minimum Gasteiger partial charge on any atom is -0.456 e. The van der Waals surface area contributed by atoms with E-state index >= 15 is 0 Å². The summed E-state index contributed by atoms with van der Waals surface area (Å²) in [5, 5.41) is 2.21. The zero-order chi connectivity index (χ0) is 34.4. The van der Waals surface area contributed by atoms with Crippen LogP contribution in [-0.4, -0.2) is 0 Å². The zero-order valence-corrected chi connectivity index (χ0v) is 28.2. The van der Waals surface area contributed by atoms with Crippen molar-refractivity contribution in [2.24, 2.45) is 0 Å². The number of hydrogen-bond donors (Lipinski definition) is 0. The van der Waals surface area contributed by atoms with Gasteiger partial charge in [-0.2, -0.15) is 0 Å². The number of benzene rings is 8. The van der Waals surface area contributed by atoms with Crippen molar-refractivity contribution < 1.29 is 9.15 Å². The summed E-state index contributed by atoms with van der Waals surface area (Å²) in [5.74, 6) is 1.56. The van der Waals surface area contributed by atoms with E-state index in [1.165, 1.54) is 11.1 Å². The third-order valence-electron chi connectivity index (χ3n) is 9.81. The molecule has 0 fully saturated rings. The first-order chi connectivity index (χ1) is 25.8. The van der Waals surface area contributed by atoms with Gasteiger partial charge in [0.2, 0.25) is 0 Å². The van der Waals surface area contributed by atoms with Crippen LogP contribution in [0.25, 0.3) is 44.2 Å². The van der Waals surface area contributed by atoms with Gasteiger partial charge in [0.25, 0.3) is 0 Å². The van der Waals surface area contributed by atoms with Crippen molar-refractivity contribution in [1.82, 2.24) is 0 Å². The van der Waals surface area contributed by atoms with Crippen LogP contribution in [0.4, 0.5) is 34.1 Å². The molecule has 9 aromatic rings. The fourth-order valence-electron chi connectivity index (χ4n) is 7.37. The third-order valence-corrected chi connectivity index (χ3v) is 9.81. The lowest BCUT2D eigenvalue weighted by molar-refractivity contribution is 0.477. The van der Waals surface area contributed by atoms with Gasteiger partial charge in [0.1, 0.15) is 11.2 Å². The van der Waals surface area contributed by atoms with Gasteiger partial charge < -0.3 is 19.0 Å². The molecular formula is C48H32N2O2. The van der Waals surface area contributed by atoms with Crippen molar-refractivity contribution in [2.45, 2.75) is 0 Å². The Bertz CT molecular complexity index is 2650. The van der Waals surface area contributed by atoms with E-state index in [0.29, 0.717) is 0 Å². The first-order valence-electron chi connectivity index (χ1n) is 17.5. The Balaban J connectivity index is 1.13. The lowest BCUT2D eigenvalue weighted by Crippen LogP contribution is -2.17. The van der Waals surface area contributed by atoms with Gasteiger partial charge in [0.05, 0.1) is 17.1 Å². The quantitative estimate of drug-likeness (QED) is 0.176. The largest absolute Gasteiger partial charge is 0.456 e. The highest BCUT2D eigenvalue weighted by Crippen LogP contribution is 2.53. The number of para-hydroxylation sites is 3. The van der Waals surface area contributed by atoms with E-state index in [0.717, 1.165) is 78.7 Å². The molecule has 4 nitrogen and oxygen atoms in total. The van der Waals surface area contributed by atoms with Crippen LogP contribution in [0.2, 0.25) is 0 Å². The maximum absolute atomic E-state index is 6.72. The lowest BCUT2D eigenvalue weighted by atomic mass is 10.0. The van der Waals surface area contributed by atoms with Crippen LogP contribution >= 0.6 is 0 Å². The monoisotopic (exact) mass is 668 g/mol. The molecular weight excluding hydrogens is 637 g/mol. The SMILES string of the molecule is c1ccc(-c2cccc(N(c3cccc(-c4ccccc4)c3)c3ccc4c(c3)Oc3ccccc3N4c3ccc4c(c3)oc3ccccc34)c2)cc1. The van der Waals surface area contributed by atoms with Crippen LogP contribution in [0.1, 0.15) is 0 Å². The molecule has 0 unspecified atom stereocenters. The maximum atomic E-state index is 6.72. The Hall–Kier alpha value is -7.04. The summed E-state index contributed by atoms with van der Waals surface area (Å²) in [6, 6.07) is 67.9. The highest BCUT2D eigenvalue weighted by molar-refractivity contribution is 6.06. The average Bonchev–Trinajstić information content (AvgIpc) is 3.59. The predicted octanol–water partition coefficient (Wildman–Crippen LogP) is 14.0. The molecule has 0 saturated carbocycles. The summed E-state index contributed by atoms with van der Waals surface area (Å²) >= 11 is 0. The van der Waals surface area contributed by atoms with Gasteiger partial charge in [-0.05, 0) is 89.0 Å². The molecule has 0 radical (unpaired) electrons. The minimum atomic E-state index is 0.768. The van der Waals surface area contributed by atoms with Crippen molar-refractivity contribution in [3.63, 3.8) is 0 Å². The van der Waals surface area contributed by atoms with Gasteiger partial charge in [-0.1, -0.05) is 115 Å². The summed E-state index contributed by atoms with van der Waals surface area (Å²) in [6.45, 7) is 0. The number of ether oxygens (including phenoxy) is 1. The molecule has 0 aliphatic carbocycles. The summed E-state index contributed by atoms with van der Waals surface area (Å²) < 4.78 is 13.0. The summed E-state index contributed by atoms with van der Waals surface area (Å²) in [5.41, 5.74) is 12.4. The number of nitrogens with zero attached hydrogens (tertiary/aromatic N) is 2. The number of anilines is 6. The Morgan fingerprint density at radius 1 is 0.365 bits per heavy atom. The molecule has 10 rings (SSSR count). The van der Waals surface area contributed by atoms with Crippen LogP contribution in [0, 0.1) is 0 Å². The standard InChI is InChI=1S/C48H32N2O2/c1-3-13-33(14-4-1)35-17-11-19-37(29-35)49(38-20-12-18-36(30-38)34-15-5-2-6-16-34)39-26-28-44-48(32-39)52-46-24-10-8-22-43(46)50(44)40-25-27-42-41-21-7-9-23-45(41)51-47(42)31-40/h1-32H. The Morgan fingerprint density at radius 3 is 1.67 bits per heavy atom. The molecule has 0 spiro atoms. The van der Waals surface area contributed by atoms with E-state index in [-0.39, 0.29) is 0 Å². The van der Waals surface area contributed by atoms with Crippen LogP contribution < -0.4 is 14.5 Å². The van der Waals surface area contributed by atoms with Crippen LogP contribution in [0.15, 0.2) is 199 Å². The van der Waals surface area contributed by atoms with E-state index in [1.54, 1.807) is 0 Å². The fraction of sp³-hybridized carbons (Fsp3) is 0. The normalized spacial score (nSPS) is 12.0. The summed E-state index contributed by atoms with van der Waals surface area (Å²) in [4.78, 5) is 4.58. The van der Waals surface area contributed by atoms with Crippen molar-refractivity contribution >= 4 is 56.1 Å². The molecule has 0 saturated heterocycles. The van der Waals surface area contributed by atoms with Crippen molar-refractivity contribution in [1.29, 1.82) is 0 Å². The topological polar surface area (TPSA) is 28.9 Å². The first kappa shape index (κ1) is 29.8. The number of rotatable bonds is 6. The highest BCUT2D eigenvalue weighted by atomic mass is 16.5. The average molecular weight is 669 g/mol. The van der Waals surface area contributed by atoms with Gasteiger partial charge in [-0.25, -0.2) is 0 Å². The Kier molecular flexibility index (Phi) is 7.10. The molecule has 0 bridgehead atoms. The molecule has 1 aromatic heterocycles. The minimum absolute atomic E-state index is 0.768. The second-order valence-electron chi connectivity index (χ2n) is 13.0. The molecule has 0 amide bonds. The van der Waals surface area contributed by atoms with Crippen molar-refractivity contribution in [3.8, 4) is 33.8 Å². The van der Waals surface area contributed by atoms with Gasteiger partial charge in [0, 0.05) is 40.0 Å². The molecule has 0 atom stereocenters. The molecule has 4 heteroatoms. The van der Waals surface area contributed by atoms with Gasteiger partial charge in [0.15, 0.2) is 11.5 Å². The highest BCUT2D eigenvalue weighted by Gasteiger charge is 2.28. The smallest absolute Gasteiger partial charge is 0.153 e. The molecule has 1 aliphatic heterocycles. The van der Waals surface area contributed by atoms with E-state index in [2.05, 4.69) is 180 Å². The molecule has 8 aromatic carbocycles. The zero-order valence-electron chi connectivity index (χ0n) is 28.2. The van der Waals surface area contributed by atoms with Gasteiger partial charge >= 0.3 is 0 Å². The van der Waals surface area contributed by atoms with Crippen molar-refractivity contribution in [3.05, 3.63) is 194 Å². The fourth-order valence-corrected chi connectivity index (χ4v) is 7.37.